The van der Waals surface area contributed by atoms with E-state index in [2.05, 4.69) is 44.7 Å². The predicted molar refractivity (Wildman–Crippen MR) is 94.9 cm³/mol. The van der Waals surface area contributed by atoms with Gasteiger partial charge in [-0.05, 0) is 31.2 Å². The van der Waals surface area contributed by atoms with Crippen molar-refractivity contribution in [1.82, 2.24) is 15.4 Å². The molecule has 1 aromatic heterocycles. The average Bonchev–Trinajstić information content (AvgIpc) is 2.94. The summed E-state index contributed by atoms with van der Waals surface area (Å²) in [5, 5.41) is 6.18. The van der Waals surface area contributed by atoms with E-state index >= 15 is 0 Å². The van der Waals surface area contributed by atoms with Crippen LogP contribution in [0.15, 0.2) is 41.1 Å². The lowest BCUT2D eigenvalue weighted by molar-refractivity contribution is 0.100. The Labute approximate surface area is 142 Å². The number of benzene rings is 1. The first-order chi connectivity index (χ1) is 11.0. The summed E-state index contributed by atoms with van der Waals surface area (Å²) in [5.41, 5.74) is 10.7. The van der Waals surface area contributed by atoms with Crippen LogP contribution in [0, 0.1) is 0 Å². The molecule has 1 aromatic carbocycles. The Balaban J connectivity index is 2.03. The second kappa shape index (κ2) is 6.17. The number of halogens is 1. The molecule has 2 unspecified atom stereocenters. The Bertz CT molecular complexity index is 791. The highest BCUT2D eigenvalue weighted by Gasteiger charge is 2.22. The summed E-state index contributed by atoms with van der Waals surface area (Å²) in [6, 6.07) is 5.94. The standard InChI is InChI=1S/C16H18BrN5O/c1-9(13-5-6-22(2)21-13)20-15-11-7-10(17)3-4-14(11)19-8-12(15)16(18)23/h3-9,13,21H,1-2H3,(H2,18,23)(H,19,20). The van der Waals surface area contributed by atoms with Crippen molar-refractivity contribution in [2.24, 2.45) is 5.73 Å². The minimum absolute atomic E-state index is 0.0545. The van der Waals surface area contributed by atoms with E-state index in [1.165, 1.54) is 6.20 Å². The lowest BCUT2D eigenvalue weighted by atomic mass is 10.1. The van der Waals surface area contributed by atoms with Gasteiger partial charge >= 0.3 is 0 Å². The Kier molecular flexibility index (Phi) is 4.23. The average molecular weight is 376 g/mol. The lowest BCUT2D eigenvalue weighted by Crippen LogP contribution is -2.42. The third-order valence-electron chi connectivity index (χ3n) is 3.88. The van der Waals surface area contributed by atoms with Crippen LogP contribution in [0.25, 0.3) is 10.9 Å². The van der Waals surface area contributed by atoms with Crippen molar-refractivity contribution in [2.75, 3.05) is 12.4 Å². The smallest absolute Gasteiger partial charge is 0.252 e. The van der Waals surface area contributed by atoms with Crippen LogP contribution in [-0.4, -0.2) is 35.0 Å². The van der Waals surface area contributed by atoms with Gasteiger partial charge in [0.25, 0.3) is 5.91 Å². The van der Waals surface area contributed by atoms with Gasteiger partial charge in [0.1, 0.15) is 0 Å². The number of hydrogen-bond acceptors (Lipinski definition) is 5. The van der Waals surface area contributed by atoms with E-state index in [0.29, 0.717) is 11.3 Å². The third kappa shape index (κ3) is 3.16. The molecule has 2 heterocycles. The maximum atomic E-state index is 11.8. The molecule has 1 amide bonds. The number of pyridine rings is 1. The van der Waals surface area contributed by atoms with Crippen molar-refractivity contribution in [3.8, 4) is 0 Å². The number of hydrazine groups is 1. The molecule has 7 heteroatoms. The molecule has 2 atom stereocenters. The SMILES string of the molecule is CC(Nc1c(C(N)=O)cnc2ccc(Br)cc12)C1C=CN(C)N1. The molecule has 0 fully saturated rings. The fraction of sp³-hybridized carbons (Fsp3) is 0.250. The van der Waals surface area contributed by atoms with Crippen LogP contribution < -0.4 is 16.5 Å². The van der Waals surface area contributed by atoms with Gasteiger partial charge < -0.3 is 16.1 Å². The molecular weight excluding hydrogens is 358 g/mol. The zero-order chi connectivity index (χ0) is 16.6. The topological polar surface area (TPSA) is 83.3 Å². The first kappa shape index (κ1) is 15.8. The van der Waals surface area contributed by atoms with Gasteiger partial charge in [-0.25, -0.2) is 5.43 Å². The fourth-order valence-corrected chi connectivity index (χ4v) is 3.01. The number of hydrogen-bond donors (Lipinski definition) is 3. The van der Waals surface area contributed by atoms with Gasteiger partial charge in [0, 0.05) is 35.3 Å². The summed E-state index contributed by atoms with van der Waals surface area (Å²) >= 11 is 3.47. The largest absolute Gasteiger partial charge is 0.379 e. The van der Waals surface area contributed by atoms with E-state index in [-0.39, 0.29) is 12.1 Å². The number of nitrogens with one attached hydrogen (secondary N) is 2. The van der Waals surface area contributed by atoms with Crippen LogP contribution in [0.2, 0.25) is 0 Å². The Morgan fingerprint density at radius 2 is 2.30 bits per heavy atom. The van der Waals surface area contributed by atoms with Crippen LogP contribution in [-0.2, 0) is 0 Å². The molecule has 1 aliphatic heterocycles. The quantitative estimate of drug-likeness (QED) is 0.762. The molecule has 0 saturated heterocycles. The molecule has 120 valence electrons. The number of carbonyl (C=O) groups excluding carboxylic acids is 1. The van der Waals surface area contributed by atoms with Crippen LogP contribution in [0.1, 0.15) is 17.3 Å². The first-order valence-corrected chi connectivity index (χ1v) is 8.07. The van der Waals surface area contributed by atoms with Gasteiger partial charge in [0.05, 0.1) is 22.8 Å². The molecule has 2 aromatic rings. The second-order valence-electron chi connectivity index (χ2n) is 5.61. The van der Waals surface area contributed by atoms with E-state index in [9.17, 15) is 4.79 Å². The predicted octanol–water partition coefficient (Wildman–Crippen LogP) is 2.23. The molecule has 0 radical (unpaired) electrons. The number of nitrogens with two attached hydrogens (primary N) is 1. The third-order valence-corrected chi connectivity index (χ3v) is 4.37. The number of carbonyl (C=O) groups is 1. The zero-order valence-corrected chi connectivity index (χ0v) is 14.5. The Morgan fingerprint density at radius 1 is 1.52 bits per heavy atom. The van der Waals surface area contributed by atoms with Gasteiger partial charge in [0.15, 0.2) is 0 Å². The summed E-state index contributed by atoms with van der Waals surface area (Å²) in [7, 11) is 1.94. The fourth-order valence-electron chi connectivity index (χ4n) is 2.65. The summed E-state index contributed by atoms with van der Waals surface area (Å²) in [5.74, 6) is -0.499. The maximum Gasteiger partial charge on any atom is 0.252 e. The summed E-state index contributed by atoms with van der Waals surface area (Å²) in [6.07, 6.45) is 5.57. The van der Waals surface area contributed by atoms with Crippen LogP contribution >= 0.6 is 15.9 Å². The number of fused-ring (bicyclic) bond motifs is 1. The molecular formula is C16H18BrN5O. The summed E-state index contributed by atoms with van der Waals surface area (Å²) in [4.78, 5) is 16.1. The van der Waals surface area contributed by atoms with Crippen LogP contribution in [0.4, 0.5) is 5.69 Å². The van der Waals surface area contributed by atoms with Gasteiger partial charge in [-0.2, -0.15) is 0 Å². The minimum atomic E-state index is -0.499. The molecule has 0 saturated carbocycles. The molecule has 4 N–H and O–H groups in total. The number of primary amides is 1. The molecule has 23 heavy (non-hydrogen) atoms. The first-order valence-electron chi connectivity index (χ1n) is 7.27. The lowest BCUT2D eigenvalue weighted by Gasteiger charge is -2.24. The van der Waals surface area contributed by atoms with Crippen molar-refractivity contribution >= 4 is 38.4 Å². The van der Waals surface area contributed by atoms with Gasteiger partial charge in [-0.3, -0.25) is 9.78 Å². The number of aromatic nitrogens is 1. The van der Waals surface area contributed by atoms with E-state index < -0.39 is 5.91 Å². The second-order valence-corrected chi connectivity index (χ2v) is 6.53. The molecule has 0 aliphatic carbocycles. The Hall–Kier alpha value is -2.12. The normalized spacial score (nSPS) is 18.4. The number of rotatable bonds is 4. The molecule has 6 nitrogen and oxygen atoms in total. The molecule has 0 spiro atoms. The van der Waals surface area contributed by atoms with Gasteiger partial charge in [-0.1, -0.05) is 15.9 Å². The van der Waals surface area contributed by atoms with E-state index in [1.54, 1.807) is 0 Å². The Morgan fingerprint density at radius 3 is 2.96 bits per heavy atom. The van der Waals surface area contributed by atoms with Gasteiger partial charge in [0.2, 0.25) is 0 Å². The van der Waals surface area contributed by atoms with Crippen molar-refractivity contribution in [1.29, 1.82) is 0 Å². The number of anilines is 1. The van der Waals surface area contributed by atoms with Gasteiger partial charge in [-0.15, -0.1) is 0 Å². The maximum absolute atomic E-state index is 11.8. The van der Waals surface area contributed by atoms with E-state index in [4.69, 9.17) is 5.73 Å². The number of amides is 1. The van der Waals surface area contributed by atoms with E-state index in [1.807, 2.05) is 36.5 Å². The highest BCUT2D eigenvalue weighted by molar-refractivity contribution is 9.10. The molecule has 0 bridgehead atoms. The molecule has 3 rings (SSSR count). The van der Waals surface area contributed by atoms with E-state index in [0.717, 1.165) is 15.4 Å². The summed E-state index contributed by atoms with van der Waals surface area (Å²) < 4.78 is 0.919. The highest BCUT2D eigenvalue weighted by Crippen LogP contribution is 2.29. The summed E-state index contributed by atoms with van der Waals surface area (Å²) in [6.45, 7) is 2.05. The van der Waals surface area contributed by atoms with Crippen LogP contribution in [0.3, 0.4) is 0 Å². The highest BCUT2D eigenvalue weighted by atomic mass is 79.9. The van der Waals surface area contributed by atoms with Crippen LogP contribution in [0.5, 0.6) is 0 Å². The van der Waals surface area contributed by atoms with Crippen molar-refractivity contribution in [3.63, 3.8) is 0 Å². The monoisotopic (exact) mass is 375 g/mol. The van der Waals surface area contributed by atoms with Crippen molar-refractivity contribution in [3.05, 3.63) is 46.7 Å². The zero-order valence-electron chi connectivity index (χ0n) is 12.9. The minimum Gasteiger partial charge on any atom is -0.379 e. The number of nitrogens with zero attached hydrogens (tertiary/aromatic N) is 2. The van der Waals surface area contributed by atoms with Crippen molar-refractivity contribution < 1.29 is 4.79 Å². The molecule has 1 aliphatic rings. The van der Waals surface area contributed by atoms with Crippen molar-refractivity contribution in [2.45, 2.75) is 19.0 Å².